The van der Waals surface area contributed by atoms with E-state index in [0.717, 1.165) is 54.3 Å². The van der Waals surface area contributed by atoms with Crippen LogP contribution in [0.4, 0.5) is 0 Å². The van der Waals surface area contributed by atoms with Gasteiger partial charge < -0.3 is 4.74 Å². The van der Waals surface area contributed by atoms with Crippen LogP contribution in [0.15, 0.2) is 0 Å². The van der Waals surface area contributed by atoms with Gasteiger partial charge in [0.15, 0.2) is 0 Å². The molecule has 4 aliphatic carbocycles. The highest BCUT2D eigenvalue weighted by molar-refractivity contribution is 5.66. The number of ether oxygens (including phenoxy) is 1. The second-order valence-corrected chi connectivity index (χ2v) is 13.2. The molecule has 178 valence electrons. The van der Waals surface area contributed by atoms with Crippen LogP contribution < -0.4 is 0 Å². The van der Waals surface area contributed by atoms with E-state index in [1.54, 1.807) is 6.92 Å². The highest BCUT2D eigenvalue weighted by atomic mass is 16.5. The Morgan fingerprint density at radius 3 is 2.32 bits per heavy atom. The Kier molecular flexibility index (Phi) is 6.87. The lowest BCUT2D eigenvalue weighted by Gasteiger charge is -2.61. The van der Waals surface area contributed by atoms with E-state index in [4.69, 9.17) is 4.74 Å². The molecule has 31 heavy (non-hydrogen) atoms. The first-order valence-corrected chi connectivity index (χ1v) is 13.8. The minimum absolute atomic E-state index is 0.0877. The summed E-state index contributed by atoms with van der Waals surface area (Å²) in [5.41, 5.74) is 1.08. The first-order chi connectivity index (χ1) is 14.6. The highest BCUT2D eigenvalue weighted by Crippen LogP contribution is 2.68. The first kappa shape index (κ1) is 23.6. The third-order valence-corrected chi connectivity index (χ3v) is 11.2. The van der Waals surface area contributed by atoms with Crippen LogP contribution in [-0.4, -0.2) is 12.1 Å². The predicted octanol–water partition coefficient (Wildman–Crippen LogP) is 8.04. The van der Waals surface area contributed by atoms with Crippen molar-refractivity contribution in [1.82, 2.24) is 0 Å². The Morgan fingerprint density at radius 1 is 0.903 bits per heavy atom. The van der Waals surface area contributed by atoms with Crippen molar-refractivity contribution in [1.29, 1.82) is 0 Å². The maximum atomic E-state index is 11.5. The first-order valence-electron chi connectivity index (χ1n) is 13.8. The van der Waals surface area contributed by atoms with Gasteiger partial charge in [-0.25, -0.2) is 0 Å². The molecule has 0 bridgehead atoms. The van der Waals surface area contributed by atoms with Crippen molar-refractivity contribution in [2.45, 2.75) is 125 Å². The van der Waals surface area contributed by atoms with E-state index in [1.807, 2.05) is 0 Å². The summed E-state index contributed by atoms with van der Waals surface area (Å²) in [6.07, 6.45) is 16.6. The maximum absolute atomic E-state index is 11.5. The van der Waals surface area contributed by atoms with Crippen molar-refractivity contribution in [3.05, 3.63) is 0 Å². The van der Waals surface area contributed by atoms with Gasteiger partial charge in [-0.1, -0.05) is 53.9 Å². The van der Waals surface area contributed by atoms with E-state index < -0.39 is 0 Å². The summed E-state index contributed by atoms with van der Waals surface area (Å²) in [4.78, 5) is 11.5. The van der Waals surface area contributed by atoms with E-state index >= 15 is 0 Å². The minimum Gasteiger partial charge on any atom is -0.463 e. The molecule has 4 aliphatic rings. The van der Waals surface area contributed by atoms with Crippen LogP contribution in [0.1, 0.15) is 119 Å². The summed E-state index contributed by atoms with van der Waals surface area (Å²) in [6, 6.07) is 0. The molecule has 4 rings (SSSR count). The fourth-order valence-corrected chi connectivity index (χ4v) is 9.59. The molecule has 0 radical (unpaired) electrons. The predicted molar refractivity (Wildman–Crippen MR) is 129 cm³/mol. The van der Waals surface area contributed by atoms with E-state index in [0.29, 0.717) is 10.8 Å². The Balaban J connectivity index is 1.43. The van der Waals surface area contributed by atoms with Gasteiger partial charge in [0.1, 0.15) is 6.10 Å². The Hall–Kier alpha value is -0.530. The quantitative estimate of drug-likeness (QED) is 0.398. The molecule has 0 N–H and O–H groups in total. The van der Waals surface area contributed by atoms with Crippen molar-refractivity contribution < 1.29 is 9.53 Å². The molecule has 2 nitrogen and oxygen atoms in total. The Labute approximate surface area is 192 Å². The number of carbonyl (C=O) groups is 1. The number of rotatable bonds is 6. The van der Waals surface area contributed by atoms with E-state index in [2.05, 4.69) is 34.6 Å². The van der Waals surface area contributed by atoms with Crippen LogP contribution in [0.2, 0.25) is 0 Å². The number of fused-ring (bicyclic) bond motifs is 5. The zero-order chi connectivity index (χ0) is 22.4. The minimum atomic E-state index is -0.0877. The lowest BCUT2D eigenvalue weighted by atomic mass is 9.44. The molecular weight excluding hydrogens is 380 g/mol. The highest BCUT2D eigenvalue weighted by Gasteiger charge is 2.60. The Bertz CT molecular complexity index is 641. The zero-order valence-corrected chi connectivity index (χ0v) is 21.4. The molecule has 0 aromatic rings. The third kappa shape index (κ3) is 4.35. The fourth-order valence-electron chi connectivity index (χ4n) is 9.59. The van der Waals surface area contributed by atoms with Gasteiger partial charge in [0.25, 0.3) is 0 Å². The van der Waals surface area contributed by atoms with Crippen LogP contribution >= 0.6 is 0 Å². The molecule has 0 unspecified atom stereocenters. The molecule has 0 aromatic heterocycles. The second-order valence-electron chi connectivity index (χ2n) is 13.2. The summed E-state index contributed by atoms with van der Waals surface area (Å²) < 4.78 is 5.65. The lowest BCUT2D eigenvalue weighted by Crippen LogP contribution is -2.54. The molecule has 2 heteroatoms. The van der Waals surface area contributed by atoms with E-state index in [9.17, 15) is 4.79 Å². The summed E-state index contributed by atoms with van der Waals surface area (Å²) in [7, 11) is 0. The average Bonchev–Trinajstić information content (AvgIpc) is 3.05. The number of carbonyl (C=O) groups excluding carboxylic acids is 1. The summed E-state index contributed by atoms with van der Waals surface area (Å²) in [5.74, 6) is 6.22. The van der Waals surface area contributed by atoms with Gasteiger partial charge in [-0.3, -0.25) is 4.79 Å². The van der Waals surface area contributed by atoms with Crippen LogP contribution in [0.5, 0.6) is 0 Å². The number of esters is 1. The molecule has 0 aliphatic heterocycles. The molecule has 0 spiro atoms. The molecule has 0 heterocycles. The zero-order valence-electron chi connectivity index (χ0n) is 21.4. The molecule has 9 atom stereocenters. The van der Waals surface area contributed by atoms with Crippen molar-refractivity contribution in [3.8, 4) is 0 Å². The monoisotopic (exact) mass is 430 g/mol. The van der Waals surface area contributed by atoms with E-state index in [-0.39, 0.29) is 12.1 Å². The molecular formula is C29H50O2. The van der Waals surface area contributed by atoms with Crippen LogP contribution in [0, 0.1) is 52.3 Å². The molecule has 4 saturated carbocycles. The smallest absolute Gasteiger partial charge is 0.302 e. The maximum Gasteiger partial charge on any atom is 0.302 e. The summed E-state index contributed by atoms with van der Waals surface area (Å²) >= 11 is 0. The van der Waals surface area contributed by atoms with Crippen LogP contribution in [-0.2, 0) is 9.53 Å². The van der Waals surface area contributed by atoms with Gasteiger partial charge in [-0.05, 0) is 110 Å². The fraction of sp³-hybridized carbons (Fsp3) is 0.966. The summed E-state index contributed by atoms with van der Waals surface area (Å²) in [6.45, 7) is 14.2. The SMILES string of the molecule is CC(=O)O[C@@H]1CC[C@@]2(C)[C@@H](CC[C@H]3[C@H]2CC[C@@]2(C)[C@@H]3CC[C@H]2[C@H](C)CCCC(C)C)C1. The van der Waals surface area contributed by atoms with Gasteiger partial charge in [0.2, 0.25) is 0 Å². The van der Waals surface area contributed by atoms with Gasteiger partial charge in [0.05, 0.1) is 0 Å². The third-order valence-electron chi connectivity index (χ3n) is 11.2. The standard InChI is InChI=1S/C29H50O2/c1-19(2)8-7-9-20(3)25-12-13-26-24-11-10-22-18-23(31-21(4)30)14-16-28(22,5)27(24)15-17-29(25,26)6/h19-20,22-27H,7-18H2,1-6H3/t20-,22+,23-,24-,25+,26-,27-,28+,29-/m1/s1. The van der Waals surface area contributed by atoms with Crippen molar-refractivity contribution in [2.24, 2.45) is 52.3 Å². The van der Waals surface area contributed by atoms with Gasteiger partial charge in [0, 0.05) is 6.92 Å². The summed E-state index contributed by atoms with van der Waals surface area (Å²) in [5, 5.41) is 0. The topological polar surface area (TPSA) is 26.3 Å². The van der Waals surface area contributed by atoms with Gasteiger partial charge >= 0.3 is 5.97 Å². The van der Waals surface area contributed by atoms with Crippen molar-refractivity contribution >= 4 is 5.97 Å². The molecule has 0 saturated heterocycles. The van der Waals surface area contributed by atoms with Crippen molar-refractivity contribution in [2.75, 3.05) is 0 Å². The number of hydrogen-bond acceptors (Lipinski definition) is 2. The second kappa shape index (κ2) is 9.02. The van der Waals surface area contributed by atoms with E-state index in [1.165, 1.54) is 64.2 Å². The molecule has 0 amide bonds. The van der Waals surface area contributed by atoms with Gasteiger partial charge in [-0.2, -0.15) is 0 Å². The largest absolute Gasteiger partial charge is 0.463 e. The van der Waals surface area contributed by atoms with Gasteiger partial charge in [-0.15, -0.1) is 0 Å². The molecule has 0 aromatic carbocycles. The molecule has 4 fully saturated rings. The van der Waals surface area contributed by atoms with Crippen LogP contribution in [0.25, 0.3) is 0 Å². The normalized spacial score (nSPS) is 45.5. The average molecular weight is 431 g/mol. The van der Waals surface area contributed by atoms with Crippen molar-refractivity contribution in [3.63, 3.8) is 0 Å². The Morgan fingerprint density at radius 2 is 1.61 bits per heavy atom. The van der Waals surface area contributed by atoms with Crippen LogP contribution in [0.3, 0.4) is 0 Å². The number of hydrogen-bond donors (Lipinski definition) is 0. The lowest BCUT2D eigenvalue weighted by molar-refractivity contribution is -0.160.